The molecule has 1 saturated heterocycles. The largest absolute Gasteiger partial charge is 0.497 e. The fourth-order valence-corrected chi connectivity index (χ4v) is 1.71. The van der Waals surface area contributed by atoms with E-state index in [2.05, 4.69) is 12.1 Å². The fraction of sp³-hybridized carbons (Fsp3) is 0.333. The first-order chi connectivity index (χ1) is 5.40. The van der Waals surface area contributed by atoms with E-state index in [4.69, 9.17) is 4.74 Å². The van der Waals surface area contributed by atoms with E-state index in [1.165, 1.54) is 11.3 Å². The van der Waals surface area contributed by atoms with Gasteiger partial charge in [-0.15, -0.1) is 0 Å². The van der Waals surface area contributed by atoms with Crippen molar-refractivity contribution < 1.29 is 4.74 Å². The Morgan fingerprint density at radius 3 is 3.00 bits per heavy atom. The Balaban J connectivity index is 2.26. The number of hydrogen-bond acceptors (Lipinski definition) is 2. The molecule has 0 radical (unpaired) electrons. The summed E-state index contributed by atoms with van der Waals surface area (Å²) in [7, 11) is 1.71. The maximum Gasteiger partial charge on any atom is 0.119 e. The van der Waals surface area contributed by atoms with Crippen molar-refractivity contribution in [3.63, 3.8) is 0 Å². The van der Waals surface area contributed by atoms with Crippen molar-refractivity contribution >= 4 is 11.8 Å². The first-order valence-electron chi connectivity index (χ1n) is 3.66. The van der Waals surface area contributed by atoms with Crippen LogP contribution in [0.15, 0.2) is 24.3 Å². The Labute approximate surface area is 70.8 Å². The van der Waals surface area contributed by atoms with Crippen LogP contribution in [0.2, 0.25) is 0 Å². The molecule has 1 aliphatic heterocycles. The summed E-state index contributed by atoms with van der Waals surface area (Å²) in [4.78, 5) is 0. The number of methoxy groups -OCH3 is 1. The van der Waals surface area contributed by atoms with Crippen LogP contribution < -0.4 is 4.74 Å². The lowest BCUT2D eigenvalue weighted by molar-refractivity contribution is 0.414. The smallest absolute Gasteiger partial charge is 0.119 e. The van der Waals surface area contributed by atoms with Crippen molar-refractivity contribution in [1.82, 2.24) is 0 Å². The van der Waals surface area contributed by atoms with Crippen molar-refractivity contribution in [3.05, 3.63) is 29.8 Å². The van der Waals surface area contributed by atoms with E-state index < -0.39 is 0 Å². The third-order valence-electron chi connectivity index (χ3n) is 1.80. The molecule has 1 aliphatic rings. The molecule has 1 unspecified atom stereocenters. The lowest BCUT2D eigenvalue weighted by Crippen LogP contribution is -1.84. The topological polar surface area (TPSA) is 9.23 Å². The first-order valence-corrected chi connectivity index (χ1v) is 4.70. The van der Waals surface area contributed by atoms with Gasteiger partial charge in [0.15, 0.2) is 0 Å². The van der Waals surface area contributed by atoms with E-state index in [0.717, 1.165) is 11.0 Å². The number of benzene rings is 1. The van der Waals surface area contributed by atoms with Gasteiger partial charge in [-0.05, 0) is 17.7 Å². The van der Waals surface area contributed by atoms with E-state index in [1.807, 2.05) is 23.9 Å². The molecule has 11 heavy (non-hydrogen) atoms. The van der Waals surface area contributed by atoms with Crippen LogP contribution in [0.25, 0.3) is 0 Å². The monoisotopic (exact) mass is 166 g/mol. The molecule has 0 aromatic heterocycles. The van der Waals surface area contributed by atoms with Crippen LogP contribution in [0.1, 0.15) is 10.8 Å². The molecule has 1 atom stereocenters. The highest BCUT2D eigenvalue weighted by Gasteiger charge is 2.24. The lowest BCUT2D eigenvalue weighted by atomic mass is 10.2. The summed E-state index contributed by atoms with van der Waals surface area (Å²) in [5.74, 6) is 2.24. The summed E-state index contributed by atoms with van der Waals surface area (Å²) in [5.41, 5.74) is 1.40. The molecule has 0 N–H and O–H groups in total. The van der Waals surface area contributed by atoms with Crippen molar-refractivity contribution in [2.24, 2.45) is 0 Å². The SMILES string of the molecule is COc1cccc(C2CS2)c1. The van der Waals surface area contributed by atoms with Gasteiger partial charge in [0.25, 0.3) is 0 Å². The van der Waals surface area contributed by atoms with Crippen LogP contribution >= 0.6 is 11.8 Å². The van der Waals surface area contributed by atoms with Crippen molar-refractivity contribution in [2.45, 2.75) is 5.25 Å². The molecular weight excluding hydrogens is 156 g/mol. The summed E-state index contributed by atoms with van der Waals surface area (Å²) >= 11 is 1.99. The van der Waals surface area contributed by atoms with Gasteiger partial charge in [-0.2, -0.15) is 11.8 Å². The van der Waals surface area contributed by atoms with Gasteiger partial charge in [0.05, 0.1) is 7.11 Å². The van der Waals surface area contributed by atoms with Crippen LogP contribution in [0.3, 0.4) is 0 Å². The Bertz CT molecular complexity index is 255. The summed E-state index contributed by atoms with van der Waals surface area (Å²) in [6.07, 6.45) is 0. The third-order valence-corrected chi connectivity index (χ3v) is 2.74. The van der Waals surface area contributed by atoms with Gasteiger partial charge < -0.3 is 4.74 Å². The summed E-state index contributed by atoms with van der Waals surface area (Å²) in [6, 6.07) is 8.31. The van der Waals surface area contributed by atoms with E-state index in [0.29, 0.717) is 0 Å². The number of hydrogen-bond donors (Lipinski definition) is 0. The fourth-order valence-electron chi connectivity index (χ4n) is 1.08. The van der Waals surface area contributed by atoms with Gasteiger partial charge in [0, 0.05) is 11.0 Å². The molecule has 0 saturated carbocycles. The Morgan fingerprint density at radius 1 is 1.55 bits per heavy atom. The standard InChI is InChI=1S/C9H10OS/c1-10-8-4-2-3-7(5-8)9-6-11-9/h2-5,9H,6H2,1H3. The van der Waals surface area contributed by atoms with Gasteiger partial charge in [-0.3, -0.25) is 0 Å². The minimum absolute atomic E-state index is 0.741. The number of thioether (sulfide) groups is 1. The average molecular weight is 166 g/mol. The van der Waals surface area contributed by atoms with E-state index in [-0.39, 0.29) is 0 Å². The van der Waals surface area contributed by atoms with Crippen LogP contribution in [0, 0.1) is 0 Å². The lowest BCUT2D eigenvalue weighted by Gasteiger charge is -2.00. The summed E-state index contributed by atoms with van der Waals surface area (Å²) in [6.45, 7) is 0. The van der Waals surface area contributed by atoms with Gasteiger partial charge in [0.1, 0.15) is 5.75 Å². The number of ether oxygens (including phenoxy) is 1. The molecule has 0 bridgehead atoms. The minimum Gasteiger partial charge on any atom is -0.497 e. The molecule has 2 heteroatoms. The number of rotatable bonds is 2. The zero-order valence-electron chi connectivity index (χ0n) is 6.41. The minimum atomic E-state index is 0.741. The first kappa shape index (κ1) is 7.04. The van der Waals surface area contributed by atoms with Crippen LogP contribution in [0.5, 0.6) is 5.75 Å². The predicted octanol–water partition coefficient (Wildman–Crippen LogP) is 2.48. The highest BCUT2D eigenvalue weighted by molar-refractivity contribution is 8.06. The van der Waals surface area contributed by atoms with Gasteiger partial charge in [0.2, 0.25) is 0 Å². The molecule has 0 amide bonds. The molecule has 1 heterocycles. The highest BCUT2D eigenvalue weighted by atomic mass is 32.2. The zero-order chi connectivity index (χ0) is 7.68. The van der Waals surface area contributed by atoms with Crippen molar-refractivity contribution in [2.75, 3.05) is 12.9 Å². The maximum absolute atomic E-state index is 5.12. The predicted molar refractivity (Wildman–Crippen MR) is 48.2 cm³/mol. The van der Waals surface area contributed by atoms with Crippen molar-refractivity contribution in [1.29, 1.82) is 0 Å². The molecule has 1 nitrogen and oxygen atoms in total. The Kier molecular flexibility index (Phi) is 1.78. The van der Waals surface area contributed by atoms with Crippen LogP contribution in [-0.4, -0.2) is 12.9 Å². The van der Waals surface area contributed by atoms with Crippen LogP contribution in [0.4, 0.5) is 0 Å². The quantitative estimate of drug-likeness (QED) is 0.624. The molecule has 2 rings (SSSR count). The molecule has 58 valence electrons. The Morgan fingerprint density at radius 2 is 2.36 bits per heavy atom. The second-order valence-corrected chi connectivity index (χ2v) is 3.83. The van der Waals surface area contributed by atoms with Gasteiger partial charge in [-0.25, -0.2) is 0 Å². The zero-order valence-corrected chi connectivity index (χ0v) is 7.23. The Hall–Kier alpha value is -0.630. The average Bonchev–Trinajstić information content (AvgIpc) is 2.87. The molecule has 1 aromatic rings. The third kappa shape index (κ3) is 1.51. The van der Waals surface area contributed by atoms with Crippen LogP contribution in [-0.2, 0) is 0 Å². The molecular formula is C9H10OS. The van der Waals surface area contributed by atoms with Gasteiger partial charge in [-0.1, -0.05) is 12.1 Å². The van der Waals surface area contributed by atoms with E-state index in [9.17, 15) is 0 Å². The second-order valence-electron chi connectivity index (χ2n) is 2.60. The highest BCUT2D eigenvalue weighted by Crippen LogP contribution is 2.46. The van der Waals surface area contributed by atoms with Gasteiger partial charge >= 0.3 is 0 Å². The second kappa shape index (κ2) is 2.78. The normalized spacial score (nSPS) is 21.4. The molecule has 1 aromatic carbocycles. The van der Waals surface area contributed by atoms with E-state index >= 15 is 0 Å². The summed E-state index contributed by atoms with van der Waals surface area (Å²) in [5, 5.41) is 0.741. The van der Waals surface area contributed by atoms with Crippen molar-refractivity contribution in [3.8, 4) is 5.75 Å². The molecule has 0 aliphatic carbocycles. The van der Waals surface area contributed by atoms with E-state index in [1.54, 1.807) is 7.11 Å². The molecule has 1 fully saturated rings. The molecule has 0 spiro atoms. The summed E-state index contributed by atoms with van der Waals surface area (Å²) < 4.78 is 5.12. The maximum atomic E-state index is 5.12.